The van der Waals surface area contributed by atoms with Crippen molar-refractivity contribution in [1.82, 2.24) is 30.8 Å². The fraction of sp³-hybridized carbons (Fsp3) is 1.00. The van der Waals surface area contributed by atoms with Crippen molar-refractivity contribution in [3.63, 3.8) is 0 Å². The number of hydrogen-bond acceptors (Lipinski definition) is 0. The van der Waals surface area contributed by atoms with E-state index in [9.17, 15) is 0 Å². The van der Waals surface area contributed by atoms with Crippen LogP contribution in [0.5, 0.6) is 0 Å². The molecule has 0 saturated heterocycles. The molecule has 0 saturated carbocycles. The molecule has 0 radical (unpaired) electrons. The van der Waals surface area contributed by atoms with Crippen LogP contribution >= 0.6 is 0 Å². The molecule has 15 heavy (non-hydrogen) atoms. The first-order valence-corrected chi connectivity index (χ1v) is 1.71. The molecule has 23 N–H and O–H groups in total. The van der Waals surface area contributed by atoms with Gasteiger partial charge in [-0.25, -0.2) is 0 Å². The van der Waals surface area contributed by atoms with E-state index in [4.69, 9.17) is 0 Å². The Morgan fingerprint density at radius 1 is 0.600 bits per heavy atom. The van der Waals surface area contributed by atoms with Crippen LogP contribution in [-0.2, 0) is 0 Å². The summed E-state index contributed by atoms with van der Waals surface area (Å²) in [4.78, 5) is 0. The summed E-state index contributed by atoms with van der Waals surface area (Å²) in [7, 11) is 0. The standard InChI is InChI=1S/C3H9N.6ClH.5H3N/c1-2-3-4;;;;;;;;;;;/h2-4H2,1H3;6*1H;5*1H3. The Morgan fingerprint density at radius 3 is 0.667 bits per heavy atom. The lowest BCUT2D eigenvalue weighted by Crippen LogP contribution is -3.00. The smallest absolute Gasteiger partial charge is 0.0737 e. The topological polar surface area (TPSA) is 210 Å². The zero-order valence-corrected chi connectivity index (χ0v) is 14.9. The minimum absolute atomic E-state index is 0. The maximum Gasteiger partial charge on any atom is 0.0737 e. The highest BCUT2D eigenvalue weighted by Crippen LogP contribution is 1.54. The van der Waals surface area contributed by atoms with Crippen LogP contribution in [0.15, 0.2) is 0 Å². The fourth-order valence-corrected chi connectivity index (χ4v) is 0. The van der Waals surface area contributed by atoms with Crippen LogP contribution in [0.2, 0.25) is 0 Å². The van der Waals surface area contributed by atoms with Crippen molar-refractivity contribution in [2.45, 2.75) is 13.3 Å². The first-order valence-electron chi connectivity index (χ1n) is 1.71. The molecule has 0 aliphatic heterocycles. The average molecular weight is 363 g/mol. The van der Waals surface area contributed by atoms with Crippen molar-refractivity contribution in [1.29, 1.82) is 0 Å². The lowest BCUT2D eigenvalue weighted by molar-refractivity contribution is -0.367. The van der Waals surface area contributed by atoms with E-state index in [1.807, 2.05) is 0 Å². The summed E-state index contributed by atoms with van der Waals surface area (Å²) in [6, 6.07) is 0. The van der Waals surface area contributed by atoms with Crippen LogP contribution in [0.25, 0.3) is 0 Å². The number of rotatable bonds is 1. The molecule has 0 bridgehead atoms. The molecule has 0 aliphatic carbocycles. The van der Waals surface area contributed by atoms with Crippen LogP contribution in [0.4, 0.5) is 0 Å². The van der Waals surface area contributed by atoms with Gasteiger partial charge in [-0.05, 0) is 6.42 Å². The fourth-order valence-electron chi connectivity index (χ4n) is 0. The van der Waals surface area contributed by atoms with Gasteiger partial charge < -0.3 is 111 Å². The van der Waals surface area contributed by atoms with Gasteiger partial charge in [0.15, 0.2) is 0 Å². The highest BCUT2D eigenvalue weighted by molar-refractivity contribution is 4.07. The van der Waals surface area contributed by atoms with Gasteiger partial charge in [0.1, 0.15) is 0 Å². The van der Waals surface area contributed by atoms with Crippen LogP contribution in [0.3, 0.4) is 0 Å². The number of quaternary nitrogens is 6. The first kappa shape index (κ1) is 196. The zero-order valence-electron chi connectivity index (χ0n) is 10.4. The molecule has 0 rings (SSSR count). The Kier molecular flexibility index (Phi) is 3470. The molecule has 0 aromatic carbocycles. The lowest BCUT2D eigenvalue weighted by atomic mass is 10.5. The third-order valence-electron chi connectivity index (χ3n) is 0.354. The van der Waals surface area contributed by atoms with E-state index in [2.05, 4.69) is 12.7 Å². The summed E-state index contributed by atoms with van der Waals surface area (Å²) < 4.78 is 0. The van der Waals surface area contributed by atoms with Gasteiger partial charge >= 0.3 is 0 Å². The monoisotopic (exact) mass is 360 g/mol. The predicted octanol–water partition coefficient (Wildman–Crippen LogP) is -16.5. The molecular formula is C3H30Cl6N6. The number of hydrogen-bond donors (Lipinski definition) is 6. The summed E-state index contributed by atoms with van der Waals surface area (Å²) >= 11 is 0. The maximum absolute atomic E-state index is 3.60. The average Bonchev–Trinajstić information content (AvgIpc) is 1.37. The molecule has 0 unspecified atom stereocenters. The Bertz CT molecular complexity index is 24.8. The van der Waals surface area contributed by atoms with Gasteiger partial charge in [0.05, 0.1) is 6.54 Å². The maximum atomic E-state index is 3.60. The van der Waals surface area contributed by atoms with Crippen LogP contribution in [-0.4, -0.2) is 6.54 Å². The Labute approximate surface area is 130 Å². The third-order valence-corrected chi connectivity index (χ3v) is 0.354. The summed E-state index contributed by atoms with van der Waals surface area (Å²) in [6.45, 7) is 3.19. The van der Waals surface area contributed by atoms with E-state index in [0.717, 1.165) is 6.54 Å². The zero-order chi connectivity index (χ0) is 3.41. The molecular weight excluding hydrogens is 333 g/mol. The molecule has 0 amide bonds. The normalized spacial score (nSPS) is 2.00. The second-order valence-corrected chi connectivity index (χ2v) is 0.854. The van der Waals surface area contributed by atoms with E-state index in [1.165, 1.54) is 6.42 Å². The highest BCUT2D eigenvalue weighted by Gasteiger charge is 1.59. The van der Waals surface area contributed by atoms with Crippen LogP contribution in [0.1, 0.15) is 13.3 Å². The van der Waals surface area contributed by atoms with Gasteiger partial charge in [0.25, 0.3) is 0 Å². The SMILES string of the molecule is CCC[NH3+].[Cl-].[Cl-].[Cl-].[Cl-].[Cl-].[Cl-].[NH4+].[NH4+].[NH4+].[NH4+].[NH4+]. The van der Waals surface area contributed by atoms with Crippen molar-refractivity contribution in [2.75, 3.05) is 6.54 Å². The molecule has 0 spiro atoms. The Hall–Kier alpha value is 1.50. The molecule has 0 atom stereocenters. The van der Waals surface area contributed by atoms with Crippen molar-refractivity contribution in [3.05, 3.63) is 0 Å². The van der Waals surface area contributed by atoms with E-state index < -0.39 is 0 Å². The quantitative estimate of drug-likeness (QED) is 0.256. The molecule has 0 aromatic rings. The minimum atomic E-state index is 0. The molecule has 12 heteroatoms. The van der Waals surface area contributed by atoms with Crippen LogP contribution in [0, 0.1) is 0 Å². The van der Waals surface area contributed by atoms with Gasteiger partial charge in [0.2, 0.25) is 0 Å². The first-order chi connectivity index (χ1) is 1.91. The number of halogens is 6. The molecule has 114 valence electrons. The Balaban J connectivity index is -0.000000000818. The molecule has 0 heterocycles. The van der Waals surface area contributed by atoms with Gasteiger partial charge in [-0.15, -0.1) is 0 Å². The van der Waals surface area contributed by atoms with Crippen molar-refractivity contribution >= 4 is 0 Å². The molecule has 0 aliphatic rings. The highest BCUT2D eigenvalue weighted by atomic mass is 35.5. The van der Waals surface area contributed by atoms with Gasteiger partial charge in [-0.3, -0.25) is 0 Å². The van der Waals surface area contributed by atoms with Crippen molar-refractivity contribution in [2.24, 2.45) is 0 Å². The minimum Gasteiger partial charge on any atom is -1.00 e. The summed E-state index contributed by atoms with van der Waals surface area (Å²) in [5.41, 5.74) is 3.60. The molecule has 0 aromatic heterocycles. The van der Waals surface area contributed by atoms with Crippen molar-refractivity contribution < 1.29 is 80.2 Å². The van der Waals surface area contributed by atoms with Gasteiger partial charge in [-0.2, -0.15) is 0 Å². The second-order valence-electron chi connectivity index (χ2n) is 0.854. The predicted molar refractivity (Wildman–Crippen MR) is 48.0 cm³/mol. The molecule has 0 fully saturated rings. The van der Waals surface area contributed by atoms with E-state index in [0.29, 0.717) is 0 Å². The summed E-state index contributed by atoms with van der Waals surface area (Å²) in [5.74, 6) is 0. The van der Waals surface area contributed by atoms with E-state index in [-0.39, 0.29) is 105 Å². The molecule has 6 nitrogen and oxygen atoms in total. The van der Waals surface area contributed by atoms with E-state index >= 15 is 0 Å². The summed E-state index contributed by atoms with van der Waals surface area (Å²) in [6.07, 6.45) is 1.21. The lowest BCUT2D eigenvalue weighted by Gasteiger charge is -1.66. The summed E-state index contributed by atoms with van der Waals surface area (Å²) in [5, 5.41) is 0. The third kappa shape index (κ3) is 452. The van der Waals surface area contributed by atoms with Crippen LogP contribution < -0.4 is 111 Å². The van der Waals surface area contributed by atoms with E-state index in [1.54, 1.807) is 0 Å². The largest absolute Gasteiger partial charge is 1.00 e. The van der Waals surface area contributed by atoms with Gasteiger partial charge in [-0.1, -0.05) is 6.92 Å². The van der Waals surface area contributed by atoms with Crippen molar-refractivity contribution in [3.8, 4) is 0 Å². The Morgan fingerprint density at radius 2 is 0.667 bits per heavy atom. The second kappa shape index (κ2) is 266. The van der Waals surface area contributed by atoms with Gasteiger partial charge in [0, 0.05) is 0 Å².